The van der Waals surface area contributed by atoms with Gasteiger partial charge in [0.15, 0.2) is 0 Å². The van der Waals surface area contributed by atoms with Gasteiger partial charge in [0.05, 0.1) is 20.3 Å². The highest BCUT2D eigenvalue weighted by Crippen LogP contribution is 2.43. The molecule has 192 valence electrons. The van der Waals surface area contributed by atoms with Crippen molar-refractivity contribution in [3.63, 3.8) is 0 Å². The molecule has 3 aromatic rings. The van der Waals surface area contributed by atoms with Gasteiger partial charge in [-0.15, -0.1) is 30.0 Å². The van der Waals surface area contributed by atoms with Crippen LogP contribution in [0.1, 0.15) is 53.7 Å². The van der Waals surface area contributed by atoms with E-state index in [-0.39, 0.29) is 29.2 Å². The predicted octanol–water partition coefficient (Wildman–Crippen LogP) is 5.84. The minimum Gasteiger partial charge on any atom is -0.497 e. The van der Waals surface area contributed by atoms with Crippen molar-refractivity contribution in [1.82, 2.24) is 15.0 Å². The summed E-state index contributed by atoms with van der Waals surface area (Å²) in [6.45, 7) is 2.39. The Morgan fingerprint density at radius 3 is 2.42 bits per heavy atom. The van der Waals surface area contributed by atoms with E-state index in [1.807, 2.05) is 24.3 Å². The topological polar surface area (TPSA) is 75.5 Å². The standard InChI is InChI=1S/C25H26F3N3O4S/c1-3-34-24(32)22-23(31(30-29-22)15-16-4-9-19(33-2)10-5-16)36-21-13-8-18(14-21)17-6-11-20(12-7-17)35-25(26,27)28/h4-7,9-12,18,21H,3,8,13-15H2,1-2H3. The van der Waals surface area contributed by atoms with Crippen LogP contribution in [-0.2, 0) is 11.3 Å². The summed E-state index contributed by atoms with van der Waals surface area (Å²) in [4.78, 5) is 12.5. The first-order valence-electron chi connectivity index (χ1n) is 11.5. The van der Waals surface area contributed by atoms with Crippen LogP contribution >= 0.6 is 11.8 Å². The molecule has 2 unspecified atom stereocenters. The molecule has 4 rings (SSSR count). The summed E-state index contributed by atoms with van der Waals surface area (Å²) in [6.07, 6.45) is -2.14. The van der Waals surface area contributed by atoms with Gasteiger partial charge in [0.25, 0.3) is 0 Å². The van der Waals surface area contributed by atoms with E-state index >= 15 is 0 Å². The van der Waals surface area contributed by atoms with Crippen LogP contribution in [0.15, 0.2) is 53.6 Å². The molecule has 0 spiro atoms. The average molecular weight is 522 g/mol. The summed E-state index contributed by atoms with van der Waals surface area (Å²) in [6, 6.07) is 13.6. The molecule has 0 radical (unpaired) electrons. The van der Waals surface area contributed by atoms with Crippen molar-refractivity contribution in [3.8, 4) is 11.5 Å². The molecule has 0 amide bonds. The first-order valence-corrected chi connectivity index (χ1v) is 12.4. The maximum Gasteiger partial charge on any atom is 0.573 e. The second kappa shape index (κ2) is 11.2. The minimum absolute atomic E-state index is 0.183. The van der Waals surface area contributed by atoms with Crippen molar-refractivity contribution in [2.45, 2.75) is 55.3 Å². The Bertz CT molecular complexity index is 1170. The molecule has 1 fully saturated rings. The van der Waals surface area contributed by atoms with Crippen molar-refractivity contribution in [2.75, 3.05) is 13.7 Å². The number of alkyl halides is 3. The van der Waals surface area contributed by atoms with Gasteiger partial charge in [-0.3, -0.25) is 0 Å². The van der Waals surface area contributed by atoms with Crippen molar-refractivity contribution < 1.29 is 32.2 Å². The van der Waals surface area contributed by atoms with Gasteiger partial charge in [0.2, 0.25) is 5.69 Å². The van der Waals surface area contributed by atoms with E-state index in [0.717, 1.165) is 36.1 Å². The maximum absolute atomic E-state index is 12.5. The van der Waals surface area contributed by atoms with E-state index in [0.29, 0.717) is 11.6 Å². The lowest BCUT2D eigenvalue weighted by Gasteiger charge is -2.14. The Morgan fingerprint density at radius 2 is 1.78 bits per heavy atom. The number of carbonyl (C=O) groups is 1. The Balaban J connectivity index is 1.48. The lowest BCUT2D eigenvalue weighted by atomic mass is 9.98. The monoisotopic (exact) mass is 521 g/mol. The van der Waals surface area contributed by atoms with Crippen LogP contribution in [0, 0.1) is 0 Å². The average Bonchev–Trinajstić information content (AvgIpc) is 3.47. The highest BCUT2D eigenvalue weighted by molar-refractivity contribution is 8.00. The number of nitrogens with zero attached hydrogens (tertiary/aromatic N) is 3. The zero-order valence-corrected chi connectivity index (χ0v) is 20.6. The van der Waals surface area contributed by atoms with Crippen LogP contribution in [0.3, 0.4) is 0 Å². The molecule has 0 aliphatic heterocycles. The van der Waals surface area contributed by atoms with E-state index in [4.69, 9.17) is 9.47 Å². The zero-order chi connectivity index (χ0) is 25.7. The molecule has 0 N–H and O–H groups in total. The second-order valence-electron chi connectivity index (χ2n) is 8.34. The molecule has 1 aliphatic carbocycles. The molecule has 2 atom stereocenters. The van der Waals surface area contributed by atoms with Gasteiger partial charge < -0.3 is 14.2 Å². The van der Waals surface area contributed by atoms with Crippen LogP contribution in [0.5, 0.6) is 11.5 Å². The van der Waals surface area contributed by atoms with Gasteiger partial charge in [-0.2, -0.15) is 0 Å². The lowest BCUT2D eigenvalue weighted by Crippen LogP contribution is -2.17. The number of hydrogen-bond donors (Lipinski definition) is 0. The van der Waals surface area contributed by atoms with Crippen molar-refractivity contribution in [3.05, 3.63) is 65.4 Å². The molecule has 2 aromatic carbocycles. The first-order chi connectivity index (χ1) is 17.3. The van der Waals surface area contributed by atoms with Crippen LogP contribution in [0.2, 0.25) is 0 Å². The van der Waals surface area contributed by atoms with Crippen LogP contribution in [0.4, 0.5) is 13.2 Å². The Labute approximate surface area is 210 Å². The fourth-order valence-corrected chi connectivity index (χ4v) is 5.56. The largest absolute Gasteiger partial charge is 0.573 e. The van der Waals surface area contributed by atoms with Gasteiger partial charge in [0.1, 0.15) is 16.5 Å². The van der Waals surface area contributed by atoms with Gasteiger partial charge in [-0.05, 0) is 67.5 Å². The Kier molecular flexibility index (Phi) is 8.07. The van der Waals surface area contributed by atoms with E-state index in [1.165, 1.54) is 12.1 Å². The summed E-state index contributed by atoms with van der Waals surface area (Å²) in [7, 11) is 1.60. The number of ether oxygens (including phenoxy) is 3. The molecule has 0 bridgehead atoms. The molecule has 1 saturated carbocycles. The molecule has 36 heavy (non-hydrogen) atoms. The molecule has 0 saturated heterocycles. The van der Waals surface area contributed by atoms with E-state index in [9.17, 15) is 18.0 Å². The number of benzene rings is 2. The summed E-state index contributed by atoms with van der Waals surface area (Å²) in [5.74, 6) is 0.187. The maximum atomic E-state index is 12.5. The van der Waals surface area contributed by atoms with Crippen LogP contribution < -0.4 is 9.47 Å². The van der Waals surface area contributed by atoms with Gasteiger partial charge in [0, 0.05) is 5.25 Å². The highest BCUT2D eigenvalue weighted by atomic mass is 32.2. The van der Waals surface area contributed by atoms with Gasteiger partial charge >= 0.3 is 12.3 Å². The molecular weight excluding hydrogens is 495 g/mol. The van der Waals surface area contributed by atoms with Crippen molar-refractivity contribution >= 4 is 17.7 Å². The summed E-state index contributed by atoms with van der Waals surface area (Å²) in [5, 5.41) is 9.16. The lowest BCUT2D eigenvalue weighted by molar-refractivity contribution is -0.274. The van der Waals surface area contributed by atoms with Gasteiger partial charge in [-0.1, -0.05) is 29.5 Å². The summed E-state index contributed by atoms with van der Waals surface area (Å²) in [5.41, 5.74) is 2.12. The molecule has 1 heterocycles. The van der Waals surface area contributed by atoms with E-state index < -0.39 is 12.3 Å². The molecule has 1 aliphatic rings. The Hall–Kier alpha value is -3.21. The SMILES string of the molecule is CCOC(=O)c1nnn(Cc2ccc(OC)cc2)c1SC1CCC(c2ccc(OC(F)(F)F)cc2)C1. The van der Waals surface area contributed by atoms with E-state index in [1.54, 1.807) is 42.6 Å². The fourth-order valence-electron chi connectivity index (χ4n) is 4.21. The number of rotatable bonds is 9. The second-order valence-corrected chi connectivity index (χ2v) is 9.63. The van der Waals surface area contributed by atoms with Crippen LogP contribution in [0.25, 0.3) is 0 Å². The predicted molar refractivity (Wildman–Crippen MR) is 127 cm³/mol. The third kappa shape index (κ3) is 6.51. The first kappa shape index (κ1) is 25.9. The number of aromatic nitrogens is 3. The minimum atomic E-state index is -4.71. The zero-order valence-electron chi connectivity index (χ0n) is 19.8. The number of thioether (sulfide) groups is 1. The quantitative estimate of drug-likeness (QED) is 0.328. The number of esters is 1. The number of carbonyl (C=O) groups excluding carboxylic acids is 1. The number of methoxy groups -OCH3 is 1. The van der Waals surface area contributed by atoms with E-state index in [2.05, 4.69) is 15.0 Å². The summed E-state index contributed by atoms with van der Waals surface area (Å²) >= 11 is 1.54. The smallest absolute Gasteiger partial charge is 0.497 e. The Morgan fingerprint density at radius 1 is 1.08 bits per heavy atom. The molecule has 7 nitrogen and oxygen atoms in total. The highest BCUT2D eigenvalue weighted by Gasteiger charge is 2.32. The number of hydrogen-bond acceptors (Lipinski definition) is 7. The van der Waals surface area contributed by atoms with Gasteiger partial charge in [-0.25, -0.2) is 9.48 Å². The normalized spacial score (nSPS) is 17.7. The number of halogens is 3. The van der Waals surface area contributed by atoms with Crippen LogP contribution in [-0.4, -0.2) is 46.3 Å². The molecule has 1 aromatic heterocycles. The fraction of sp³-hybridized carbons (Fsp3) is 0.400. The molecule has 11 heteroatoms. The molecular formula is C25H26F3N3O4S. The van der Waals surface area contributed by atoms with Crippen molar-refractivity contribution in [1.29, 1.82) is 0 Å². The summed E-state index contributed by atoms with van der Waals surface area (Å²) < 4.78 is 53.4. The van der Waals surface area contributed by atoms with Crippen molar-refractivity contribution in [2.24, 2.45) is 0 Å². The third-order valence-electron chi connectivity index (χ3n) is 5.90. The third-order valence-corrected chi connectivity index (χ3v) is 7.29.